The van der Waals surface area contributed by atoms with E-state index in [9.17, 15) is 14.7 Å². The molecule has 27 heavy (non-hydrogen) atoms. The summed E-state index contributed by atoms with van der Waals surface area (Å²) in [6.07, 6.45) is 6.31. The smallest absolute Gasteiger partial charge is 0.233 e. The van der Waals surface area contributed by atoms with Crippen molar-refractivity contribution in [2.45, 2.75) is 18.9 Å². The Bertz CT molecular complexity index is 689. The van der Waals surface area contributed by atoms with Crippen LogP contribution in [0.15, 0.2) is 36.5 Å². The topological polar surface area (TPSA) is 77.0 Å². The van der Waals surface area contributed by atoms with E-state index in [-0.39, 0.29) is 30.2 Å². The number of pyridine rings is 1. The van der Waals surface area contributed by atoms with Crippen LogP contribution in [0, 0.1) is 11.8 Å². The molecule has 1 aromatic heterocycles. The van der Waals surface area contributed by atoms with E-state index < -0.39 is 6.10 Å². The molecule has 3 atom stereocenters. The summed E-state index contributed by atoms with van der Waals surface area (Å²) in [4.78, 5) is 35.1. The number of carbonyl (C=O) groups excluding carboxylic acids is 2. The molecule has 144 valence electrons. The lowest BCUT2D eigenvalue weighted by Gasteiger charge is -2.36. The van der Waals surface area contributed by atoms with Gasteiger partial charge in [0, 0.05) is 38.9 Å². The first-order chi connectivity index (χ1) is 13.1. The Morgan fingerprint density at radius 1 is 1.00 bits per heavy atom. The number of rotatable bonds is 5. The van der Waals surface area contributed by atoms with Gasteiger partial charge in [-0.05, 0) is 25.0 Å². The van der Waals surface area contributed by atoms with Gasteiger partial charge < -0.3 is 10.0 Å². The Hall–Kier alpha value is -2.25. The second-order valence-corrected chi connectivity index (χ2v) is 7.57. The molecule has 0 aromatic carbocycles. The van der Waals surface area contributed by atoms with Crippen molar-refractivity contribution < 1.29 is 14.7 Å². The Kier molecular flexibility index (Phi) is 5.22. The van der Waals surface area contributed by atoms with E-state index in [0.717, 1.165) is 32.0 Å². The predicted octanol–water partition coefficient (Wildman–Crippen LogP) is 0.516. The van der Waals surface area contributed by atoms with E-state index in [1.807, 2.05) is 30.4 Å². The first-order valence-electron chi connectivity index (χ1n) is 9.70. The van der Waals surface area contributed by atoms with E-state index in [4.69, 9.17) is 0 Å². The van der Waals surface area contributed by atoms with Gasteiger partial charge in [0.2, 0.25) is 11.8 Å². The van der Waals surface area contributed by atoms with Crippen LogP contribution in [-0.2, 0) is 9.59 Å². The number of nitrogens with zero attached hydrogens (tertiary/aromatic N) is 4. The van der Waals surface area contributed by atoms with Crippen LogP contribution in [-0.4, -0.2) is 77.1 Å². The maximum atomic E-state index is 12.5. The summed E-state index contributed by atoms with van der Waals surface area (Å²) >= 11 is 0. The number of hydrogen-bond acceptors (Lipinski definition) is 6. The minimum Gasteiger partial charge on any atom is -0.390 e. The highest BCUT2D eigenvalue weighted by Gasteiger charge is 2.47. The summed E-state index contributed by atoms with van der Waals surface area (Å²) in [6, 6.07) is 5.89. The highest BCUT2D eigenvalue weighted by molar-refractivity contribution is 6.05. The average Bonchev–Trinajstić information content (AvgIpc) is 2.94. The van der Waals surface area contributed by atoms with Crippen LogP contribution in [0.2, 0.25) is 0 Å². The number of aliphatic hydroxyl groups is 1. The number of β-amino-alcohol motifs (C(OH)–C–C–N with tert-alkyl or cyclic N) is 1. The number of likely N-dealkylation sites (tertiary alicyclic amines) is 1. The van der Waals surface area contributed by atoms with Crippen molar-refractivity contribution >= 4 is 17.6 Å². The third kappa shape index (κ3) is 3.75. The fraction of sp³-hybridized carbons (Fsp3) is 0.550. The van der Waals surface area contributed by atoms with Gasteiger partial charge in [-0.15, -0.1) is 0 Å². The molecule has 0 saturated carbocycles. The summed E-state index contributed by atoms with van der Waals surface area (Å²) in [5.41, 5.74) is 0. The second kappa shape index (κ2) is 7.78. The molecule has 7 heteroatoms. The molecular weight excluding hydrogens is 344 g/mol. The Labute approximate surface area is 159 Å². The Morgan fingerprint density at radius 2 is 1.67 bits per heavy atom. The zero-order valence-electron chi connectivity index (χ0n) is 15.4. The number of anilines is 1. The molecule has 2 saturated heterocycles. The summed E-state index contributed by atoms with van der Waals surface area (Å²) in [5.74, 6) is 0.289. The highest BCUT2D eigenvalue weighted by atomic mass is 16.3. The van der Waals surface area contributed by atoms with Crippen molar-refractivity contribution in [1.82, 2.24) is 14.8 Å². The zero-order chi connectivity index (χ0) is 18.8. The van der Waals surface area contributed by atoms with Crippen molar-refractivity contribution in [3.63, 3.8) is 0 Å². The fourth-order valence-electron chi connectivity index (χ4n) is 4.32. The first-order valence-corrected chi connectivity index (χ1v) is 9.70. The normalized spacial score (nSPS) is 27.1. The molecule has 0 radical (unpaired) electrons. The van der Waals surface area contributed by atoms with Gasteiger partial charge in [-0.2, -0.15) is 0 Å². The lowest BCUT2D eigenvalue weighted by molar-refractivity contribution is -0.141. The number of piperazine rings is 1. The maximum Gasteiger partial charge on any atom is 0.233 e. The van der Waals surface area contributed by atoms with Gasteiger partial charge in [0.1, 0.15) is 5.82 Å². The Balaban J connectivity index is 1.27. The number of aromatic nitrogens is 1. The Morgan fingerprint density at radius 3 is 2.26 bits per heavy atom. The summed E-state index contributed by atoms with van der Waals surface area (Å²) < 4.78 is 0. The van der Waals surface area contributed by atoms with E-state index in [2.05, 4.69) is 14.8 Å². The van der Waals surface area contributed by atoms with E-state index in [1.165, 1.54) is 4.90 Å². The quantitative estimate of drug-likeness (QED) is 0.601. The number of carbonyl (C=O) groups is 2. The van der Waals surface area contributed by atoms with Gasteiger partial charge in [0.25, 0.3) is 0 Å². The van der Waals surface area contributed by atoms with Gasteiger partial charge in [-0.3, -0.25) is 19.4 Å². The maximum absolute atomic E-state index is 12.5. The van der Waals surface area contributed by atoms with Crippen LogP contribution in [0.3, 0.4) is 0 Å². The second-order valence-electron chi connectivity index (χ2n) is 7.57. The lowest BCUT2D eigenvalue weighted by atomic mass is 9.85. The van der Waals surface area contributed by atoms with Gasteiger partial charge in [0.15, 0.2) is 0 Å². The molecule has 2 amide bonds. The van der Waals surface area contributed by atoms with Crippen LogP contribution in [0.1, 0.15) is 12.8 Å². The predicted molar refractivity (Wildman–Crippen MR) is 101 cm³/mol. The third-order valence-electron chi connectivity index (χ3n) is 5.81. The van der Waals surface area contributed by atoms with E-state index >= 15 is 0 Å². The third-order valence-corrected chi connectivity index (χ3v) is 5.81. The summed E-state index contributed by atoms with van der Waals surface area (Å²) in [5, 5.41) is 10.5. The molecule has 3 aliphatic rings. The molecule has 4 rings (SSSR count). The van der Waals surface area contributed by atoms with Crippen molar-refractivity contribution in [2.24, 2.45) is 11.8 Å². The van der Waals surface area contributed by atoms with Gasteiger partial charge in [-0.25, -0.2) is 4.98 Å². The summed E-state index contributed by atoms with van der Waals surface area (Å²) in [7, 11) is 0. The van der Waals surface area contributed by atoms with Gasteiger partial charge >= 0.3 is 0 Å². The standard InChI is InChI=1S/C20H26N4O3/c25-15(14-24-19(26)16-5-1-2-6-17(16)20(24)27)13-22-9-11-23(12-10-22)18-7-3-4-8-21-18/h1-4,7-8,15-17,25H,5-6,9-14H2/t15?,16-,17+. The number of aliphatic hydroxyl groups excluding tert-OH is 1. The number of imide groups is 1. The van der Waals surface area contributed by atoms with Crippen LogP contribution < -0.4 is 4.90 Å². The van der Waals surface area contributed by atoms with Gasteiger partial charge in [0.05, 0.1) is 24.5 Å². The molecule has 2 aliphatic heterocycles. The number of allylic oxidation sites excluding steroid dienone is 2. The van der Waals surface area contributed by atoms with Crippen molar-refractivity contribution in [2.75, 3.05) is 44.2 Å². The molecule has 1 unspecified atom stereocenters. The number of amides is 2. The fourth-order valence-corrected chi connectivity index (χ4v) is 4.32. The van der Waals surface area contributed by atoms with Gasteiger partial charge in [-0.1, -0.05) is 18.2 Å². The monoisotopic (exact) mass is 370 g/mol. The number of fused-ring (bicyclic) bond motifs is 1. The number of hydrogen-bond donors (Lipinski definition) is 1. The first kappa shape index (κ1) is 18.1. The van der Waals surface area contributed by atoms with Crippen LogP contribution in [0.25, 0.3) is 0 Å². The SMILES string of the molecule is O=C1[C@H]2CC=CC[C@H]2C(=O)N1CC(O)CN1CCN(c2ccccn2)CC1. The minimum atomic E-state index is -0.715. The van der Waals surface area contributed by atoms with Crippen molar-refractivity contribution in [3.05, 3.63) is 36.5 Å². The largest absolute Gasteiger partial charge is 0.390 e. The molecule has 2 fully saturated rings. The zero-order valence-corrected chi connectivity index (χ0v) is 15.4. The van der Waals surface area contributed by atoms with Crippen molar-refractivity contribution in [3.8, 4) is 0 Å². The van der Waals surface area contributed by atoms with E-state index in [0.29, 0.717) is 19.4 Å². The van der Waals surface area contributed by atoms with Crippen LogP contribution in [0.4, 0.5) is 5.82 Å². The average molecular weight is 370 g/mol. The molecule has 1 aromatic rings. The minimum absolute atomic E-state index is 0.102. The molecule has 3 heterocycles. The molecule has 0 bridgehead atoms. The van der Waals surface area contributed by atoms with E-state index in [1.54, 1.807) is 6.20 Å². The van der Waals surface area contributed by atoms with Crippen molar-refractivity contribution in [1.29, 1.82) is 0 Å². The molecule has 1 N–H and O–H groups in total. The highest BCUT2D eigenvalue weighted by Crippen LogP contribution is 2.35. The van der Waals surface area contributed by atoms with Crippen LogP contribution >= 0.6 is 0 Å². The lowest BCUT2D eigenvalue weighted by Crippen LogP contribution is -2.50. The molecule has 0 spiro atoms. The van der Waals surface area contributed by atoms with Crippen LogP contribution in [0.5, 0.6) is 0 Å². The molecule has 7 nitrogen and oxygen atoms in total. The molecular formula is C20H26N4O3. The molecule has 1 aliphatic carbocycles. The summed E-state index contributed by atoms with van der Waals surface area (Å²) in [6.45, 7) is 3.92.